The Labute approximate surface area is 134 Å². The van der Waals surface area contributed by atoms with E-state index in [0.717, 1.165) is 0 Å². The van der Waals surface area contributed by atoms with Crippen molar-refractivity contribution >= 4 is 24.8 Å². The van der Waals surface area contributed by atoms with Crippen LogP contribution in [0.2, 0.25) is 0 Å². The number of aromatic carboxylic acids is 1. The summed E-state index contributed by atoms with van der Waals surface area (Å²) < 4.78 is 4.13. The minimum Gasteiger partial charge on any atom is -0.870 e. The Morgan fingerprint density at radius 1 is 1.27 bits per heavy atom. The minimum atomic E-state index is -1.09. The van der Waals surface area contributed by atoms with Gasteiger partial charge >= 0.3 is 63.3 Å². The van der Waals surface area contributed by atoms with Gasteiger partial charge in [0.1, 0.15) is 0 Å². The molecule has 0 atom stereocenters. The molecule has 0 aliphatic carbocycles. The molecule has 2 N–H and O–H groups in total. The predicted molar refractivity (Wildman–Crippen MR) is 49.7 cm³/mol. The van der Waals surface area contributed by atoms with Crippen LogP contribution in [-0.2, 0) is 4.18 Å². The molecule has 0 radical (unpaired) electrons. The molecule has 5 nitrogen and oxygen atoms in total. The van der Waals surface area contributed by atoms with Crippen LogP contribution in [0.25, 0.3) is 0 Å². The number of rotatable bonds is 2. The Balaban J connectivity index is 0. The Bertz CT molecular complexity index is 355. The van der Waals surface area contributed by atoms with Crippen molar-refractivity contribution in [2.45, 2.75) is 0 Å². The van der Waals surface area contributed by atoms with Crippen LogP contribution in [0.15, 0.2) is 24.3 Å². The van der Waals surface area contributed by atoms with Gasteiger partial charge < -0.3 is 14.8 Å². The standard InChI is InChI=1S/C8H6O4S.K.H2O/c9-7(10)5-2-1-3-6(4-5)8(11)12-13;;/h1-4,13H,(H,9,10);;1H2/q;+1;/p-1. The SMILES string of the molecule is O=C(O)c1cccc(C(=O)OS)c1.[K+].[OH-]. The number of benzene rings is 1. The zero-order valence-electron chi connectivity index (χ0n) is 7.88. The summed E-state index contributed by atoms with van der Waals surface area (Å²) in [7, 11) is 0. The van der Waals surface area contributed by atoms with Crippen LogP contribution in [0.1, 0.15) is 20.7 Å². The Morgan fingerprint density at radius 3 is 2.27 bits per heavy atom. The second-order valence-corrected chi connectivity index (χ2v) is 2.45. The molecule has 1 aromatic rings. The van der Waals surface area contributed by atoms with Gasteiger partial charge in [-0.1, -0.05) is 6.07 Å². The predicted octanol–water partition coefficient (Wildman–Crippen LogP) is -1.79. The molecule has 0 amide bonds. The van der Waals surface area contributed by atoms with Gasteiger partial charge in [0.05, 0.1) is 11.1 Å². The monoisotopic (exact) mass is 254 g/mol. The summed E-state index contributed by atoms with van der Waals surface area (Å²) in [5, 5.41) is 8.59. The molecule has 0 bridgehead atoms. The van der Waals surface area contributed by atoms with Crippen LogP contribution in [0.3, 0.4) is 0 Å². The van der Waals surface area contributed by atoms with Gasteiger partial charge in [-0.05, 0) is 18.2 Å². The van der Waals surface area contributed by atoms with E-state index >= 15 is 0 Å². The fourth-order valence-corrected chi connectivity index (χ4v) is 0.937. The van der Waals surface area contributed by atoms with Crippen LogP contribution in [0.5, 0.6) is 0 Å². The summed E-state index contributed by atoms with van der Waals surface area (Å²) in [4.78, 5) is 21.4. The molecule has 76 valence electrons. The van der Waals surface area contributed by atoms with E-state index in [9.17, 15) is 9.59 Å². The first-order valence-corrected chi connectivity index (χ1v) is 3.71. The molecule has 1 rings (SSSR count). The van der Waals surface area contributed by atoms with Gasteiger partial charge in [0, 0.05) is 12.9 Å². The molecule has 1 aromatic carbocycles. The van der Waals surface area contributed by atoms with Crippen LogP contribution < -0.4 is 51.4 Å². The molecule has 7 heteroatoms. The van der Waals surface area contributed by atoms with Crippen molar-refractivity contribution in [2.24, 2.45) is 0 Å². The second kappa shape index (κ2) is 8.28. The van der Waals surface area contributed by atoms with Crippen molar-refractivity contribution < 1.29 is 75.7 Å². The van der Waals surface area contributed by atoms with Crippen LogP contribution in [0, 0.1) is 0 Å². The molecule has 0 unspecified atom stereocenters. The molecule has 0 aliphatic heterocycles. The van der Waals surface area contributed by atoms with Gasteiger partial charge in [-0.2, -0.15) is 0 Å². The van der Waals surface area contributed by atoms with E-state index < -0.39 is 11.9 Å². The molecular weight excluding hydrogens is 247 g/mol. The third-order valence-corrected chi connectivity index (χ3v) is 1.59. The summed E-state index contributed by atoms with van der Waals surface area (Å²) in [6, 6.07) is 5.52. The van der Waals surface area contributed by atoms with E-state index in [1.165, 1.54) is 24.3 Å². The third-order valence-electron chi connectivity index (χ3n) is 1.43. The van der Waals surface area contributed by atoms with Gasteiger partial charge in [-0.25, -0.2) is 9.59 Å². The number of hydrogen-bond acceptors (Lipinski definition) is 5. The zero-order chi connectivity index (χ0) is 9.84. The first-order chi connectivity index (χ1) is 6.15. The van der Waals surface area contributed by atoms with Crippen LogP contribution in [-0.4, -0.2) is 22.5 Å². The van der Waals surface area contributed by atoms with E-state index in [-0.39, 0.29) is 68.0 Å². The maximum absolute atomic E-state index is 10.9. The first kappa shape index (κ1) is 17.5. The van der Waals surface area contributed by atoms with Crippen molar-refractivity contribution in [1.29, 1.82) is 0 Å². The van der Waals surface area contributed by atoms with Gasteiger partial charge in [-0.15, -0.1) is 0 Å². The summed E-state index contributed by atoms with van der Waals surface area (Å²) in [5.41, 5.74) is 0.200. The van der Waals surface area contributed by atoms with E-state index in [1.54, 1.807) is 0 Å². The fraction of sp³-hybridized carbons (Fsp3) is 0. The van der Waals surface area contributed by atoms with Crippen LogP contribution >= 0.6 is 12.9 Å². The first-order valence-electron chi connectivity index (χ1n) is 3.34. The van der Waals surface area contributed by atoms with E-state index in [0.29, 0.717) is 0 Å². The molecule has 15 heavy (non-hydrogen) atoms. The number of thiol groups is 1. The quantitative estimate of drug-likeness (QED) is 0.369. The largest absolute Gasteiger partial charge is 1.00 e. The van der Waals surface area contributed by atoms with E-state index in [1.807, 2.05) is 0 Å². The zero-order valence-corrected chi connectivity index (χ0v) is 11.9. The van der Waals surface area contributed by atoms with Crippen molar-refractivity contribution in [3.8, 4) is 0 Å². The maximum Gasteiger partial charge on any atom is 1.00 e. The molecule has 0 saturated carbocycles. The fourth-order valence-electron chi connectivity index (χ4n) is 0.832. The molecule has 0 spiro atoms. The van der Waals surface area contributed by atoms with E-state index in [4.69, 9.17) is 5.11 Å². The van der Waals surface area contributed by atoms with Crippen LogP contribution in [0.4, 0.5) is 0 Å². The van der Waals surface area contributed by atoms with Gasteiger partial charge in [0.15, 0.2) is 0 Å². The summed E-state index contributed by atoms with van der Waals surface area (Å²) in [6.07, 6.45) is 0. The number of carbonyl (C=O) groups is 2. The topological polar surface area (TPSA) is 93.6 Å². The summed E-state index contributed by atoms with van der Waals surface area (Å²) in [6.45, 7) is 0. The minimum absolute atomic E-state index is 0. The number of carbonyl (C=O) groups excluding carboxylic acids is 1. The van der Waals surface area contributed by atoms with Crippen molar-refractivity contribution in [3.63, 3.8) is 0 Å². The van der Waals surface area contributed by atoms with Gasteiger partial charge in [-0.3, -0.25) is 0 Å². The van der Waals surface area contributed by atoms with Gasteiger partial charge in [0.25, 0.3) is 0 Å². The molecule has 0 aromatic heterocycles. The Kier molecular flexibility index (Phi) is 9.66. The Hall–Kier alpha value is 0.106. The molecule has 0 fully saturated rings. The third kappa shape index (κ3) is 5.11. The van der Waals surface area contributed by atoms with E-state index in [2.05, 4.69) is 17.1 Å². The number of carboxylic acids is 1. The van der Waals surface area contributed by atoms with Crippen molar-refractivity contribution in [1.82, 2.24) is 0 Å². The second-order valence-electron chi connectivity index (χ2n) is 2.26. The normalized spacial score (nSPS) is 8.07. The summed E-state index contributed by atoms with van der Waals surface area (Å²) in [5.74, 6) is -1.76. The van der Waals surface area contributed by atoms with Crippen molar-refractivity contribution in [3.05, 3.63) is 35.4 Å². The number of carboxylic acid groups (broad SMARTS) is 1. The number of hydrogen-bond donors (Lipinski definition) is 2. The molecular formula is C8H7KO5S. The van der Waals surface area contributed by atoms with Gasteiger partial charge in [0.2, 0.25) is 0 Å². The molecule has 0 aliphatic rings. The summed E-state index contributed by atoms with van der Waals surface area (Å²) >= 11 is 3.32. The average Bonchev–Trinajstić information content (AvgIpc) is 2.17. The maximum atomic E-state index is 10.9. The Morgan fingerprint density at radius 2 is 1.80 bits per heavy atom. The van der Waals surface area contributed by atoms with Crippen molar-refractivity contribution in [2.75, 3.05) is 0 Å². The molecule has 0 saturated heterocycles. The smallest absolute Gasteiger partial charge is 0.870 e. The average molecular weight is 254 g/mol. The molecule has 0 heterocycles.